The molecular formula is C18H23N5OS. The molecule has 1 saturated heterocycles. The van der Waals surface area contributed by atoms with E-state index in [0.717, 1.165) is 23.9 Å². The van der Waals surface area contributed by atoms with E-state index < -0.39 is 0 Å². The molecule has 2 heterocycles. The Kier molecular flexibility index (Phi) is 4.92. The maximum atomic E-state index is 12.2. The lowest BCUT2D eigenvalue weighted by atomic mass is 10.1. The summed E-state index contributed by atoms with van der Waals surface area (Å²) in [5, 5.41) is 11.9. The second-order valence-corrected chi connectivity index (χ2v) is 7.63. The van der Waals surface area contributed by atoms with E-state index in [1.807, 2.05) is 12.1 Å². The predicted molar refractivity (Wildman–Crippen MR) is 100 cm³/mol. The predicted octanol–water partition coefficient (Wildman–Crippen LogP) is 3.33. The summed E-state index contributed by atoms with van der Waals surface area (Å²) in [7, 11) is 0. The topological polar surface area (TPSA) is 63.1 Å². The molecule has 6 nitrogen and oxygen atoms in total. The van der Waals surface area contributed by atoms with Gasteiger partial charge in [-0.1, -0.05) is 11.8 Å². The molecule has 1 aliphatic heterocycles. The monoisotopic (exact) mass is 357 g/mol. The van der Waals surface area contributed by atoms with Crippen molar-refractivity contribution in [1.82, 2.24) is 14.8 Å². The highest BCUT2D eigenvalue weighted by Gasteiger charge is 2.26. The Bertz CT molecular complexity index is 719. The highest BCUT2D eigenvalue weighted by Crippen LogP contribution is 2.37. The molecule has 1 aromatic carbocycles. The van der Waals surface area contributed by atoms with Crippen LogP contribution < -0.4 is 10.2 Å². The van der Waals surface area contributed by atoms with Crippen LogP contribution in [0.3, 0.4) is 0 Å². The number of aromatic nitrogens is 3. The molecule has 1 N–H and O–H groups in total. The normalized spacial score (nSPS) is 17.5. The number of carbonyl (C=O) groups excluding carboxylic acids is 1. The standard InChI is InChI=1S/C18H23N5OS/c24-17(12-25-18-21-19-13-23(18)16-8-9-16)20-14-4-6-15(7-5-14)22-10-2-1-3-11-22/h4-7,13,16H,1-3,8-12H2,(H,20,24). The molecule has 132 valence electrons. The fourth-order valence-electron chi connectivity index (χ4n) is 3.17. The van der Waals surface area contributed by atoms with Crippen molar-refractivity contribution < 1.29 is 4.79 Å². The summed E-state index contributed by atoms with van der Waals surface area (Å²) >= 11 is 1.44. The van der Waals surface area contributed by atoms with Gasteiger partial charge in [-0.15, -0.1) is 10.2 Å². The molecule has 2 aromatic rings. The van der Waals surface area contributed by atoms with Gasteiger partial charge in [-0.3, -0.25) is 4.79 Å². The Morgan fingerprint density at radius 2 is 1.92 bits per heavy atom. The highest BCUT2D eigenvalue weighted by atomic mass is 32.2. The van der Waals surface area contributed by atoms with Crippen molar-refractivity contribution in [1.29, 1.82) is 0 Å². The molecule has 0 atom stereocenters. The summed E-state index contributed by atoms with van der Waals surface area (Å²) in [5.74, 6) is 0.334. The van der Waals surface area contributed by atoms with Crippen molar-refractivity contribution in [2.45, 2.75) is 43.3 Å². The van der Waals surface area contributed by atoms with Crippen LogP contribution in [0.25, 0.3) is 0 Å². The molecule has 2 fully saturated rings. The number of hydrogen-bond donors (Lipinski definition) is 1. The number of nitrogens with zero attached hydrogens (tertiary/aromatic N) is 4. The van der Waals surface area contributed by atoms with Crippen molar-refractivity contribution in [3.8, 4) is 0 Å². The minimum absolute atomic E-state index is 0.0129. The first-order chi connectivity index (χ1) is 12.3. The van der Waals surface area contributed by atoms with Crippen molar-refractivity contribution in [2.75, 3.05) is 29.1 Å². The summed E-state index contributed by atoms with van der Waals surface area (Å²) in [5.41, 5.74) is 2.08. The molecule has 1 saturated carbocycles. The average molecular weight is 357 g/mol. The summed E-state index contributed by atoms with van der Waals surface area (Å²) in [6.45, 7) is 2.26. The Morgan fingerprint density at radius 1 is 1.16 bits per heavy atom. The molecule has 4 rings (SSSR count). The molecule has 2 aliphatic rings. The van der Waals surface area contributed by atoms with Crippen molar-refractivity contribution in [2.24, 2.45) is 0 Å². The lowest BCUT2D eigenvalue weighted by Crippen LogP contribution is -2.29. The third-order valence-corrected chi connectivity index (χ3v) is 5.64. The zero-order valence-corrected chi connectivity index (χ0v) is 15.0. The van der Waals surface area contributed by atoms with Gasteiger partial charge in [0.25, 0.3) is 0 Å². The number of anilines is 2. The van der Waals surface area contributed by atoms with Crippen molar-refractivity contribution in [3.63, 3.8) is 0 Å². The van der Waals surface area contributed by atoms with E-state index in [0.29, 0.717) is 11.8 Å². The minimum Gasteiger partial charge on any atom is -0.372 e. The molecule has 25 heavy (non-hydrogen) atoms. The van der Waals surface area contributed by atoms with Crippen LogP contribution in [0.2, 0.25) is 0 Å². The number of amides is 1. The average Bonchev–Trinajstić information content (AvgIpc) is 3.39. The van der Waals surface area contributed by atoms with Crippen LogP contribution in [0.1, 0.15) is 38.1 Å². The molecule has 1 aliphatic carbocycles. The van der Waals surface area contributed by atoms with Crippen LogP contribution in [-0.2, 0) is 4.79 Å². The van der Waals surface area contributed by atoms with Gasteiger partial charge >= 0.3 is 0 Å². The smallest absolute Gasteiger partial charge is 0.234 e. The van der Waals surface area contributed by atoms with Crippen LogP contribution in [0.5, 0.6) is 0 Å². The first kappa shape index (κ1) is 16.4. The van der Waals surface area contributed by atoms with Crippen molar-refractivity contribution in [3.05, 3.63) is 30.6 Å². The second-order valence-electron chi connectivity index (χ2n) is 6.68. The molecule has 1 amide bonds. The zero-order chi connectivity index (χ0) is 17.1. The first-order valence-electron chi connectivity index (χ1n) is 8.97. The van der Waals surface area contributed by atoms with E-state index in [9.17, 15) is 4.79 Å². The number of nitrogens with one attached hydrogen (secondary N) is 1. The zero-order valence-electron chi connectivity index (χ0n) is 14.2. The van der Waals surface area contributed by atoms with Gasteiger partial charge in [0.1, 0.15) is 6.33 Å². The number of carbonyl (C=O) groups is 1. The molecular weight excluding hydrogens is 334 g/mol. The van der Waals surface area contributed by atoms with Gasteiger partial charge in [0.15, 0.2) is 5.16 Å². The third-order valence-electron chi connectivity index (χ3n) is 4.69. The minimum atomic E-state index is -0.0129. The number of hydrogen-bond acceptors (Lipinski definition) is 5. The van der Waals surface area contributed by atoms with Crippen molar-refractivity contribution >= 4 is 29.0 Å². The van der Waals surface area contributed by atoms with Gasteiger partial charge < -0.3 is 14.8 Å². The SMILES string of the molecule is O=C(CSc1nncn1C1CC1)Nc1ccc(N2CCCCC2)cc1. The molecule has 0 spiro atoms. The fraction of sp³-hybridized carbons (Fsp3) is 0.500. The second kappa shape index (κ2) is 7.47. The van der Waals surface area contributed by atoms with Crippen LogP contribution in [0.4, 0.5) is 11.4 Å². The van der Waals surface area contributed by atoms with Gasteiger partial charge in [-0.05, 0) is 56.4 Å². The Labute approximate surface area is 152 Å². The number of benzene rings is 1. The van der Waals surface area contributed by atoms with E-state index in [1.165, 1.54) is 49.6 Å². The molecule has 7 heteroatoms. The van der Waals surface area contributed by atoms with Gasteiger partial charge in [-0.25, -0.2) is 0 Å². The first-order valence-corrected chi connectivity index (χ1v) is 9.95. The van der Waals surface area contributed by atoms with Crippen LogP contribution >= 0.6 is 11.8 Å². The van der Waals surface area contributed by atoms with E-state index in [2.05, 4.69) is 37.1 Å². The number of thioether (sulfide) groups is 1. The number of piperidine rings is 1. The van der Waals surface area contributed by atoms with Gasteiger partial charge in [0, 0.05) is 30.5 Å². The van der Waals surface area contributed by atoms with Gasteiger partial charge in [0.2, 0.25) is 5.91 Å². The lowest BCUT2D eigenvalue weighted by Gasteiger charge is -2.28. The highest BCUT2D eigenvalue weighted by molar-refractivity contribution is 7.99. The Balaban J connectivity index is 1.29. The van der Waals surface area contributed by atoms with E-state index >= 15 is 0 Å². The fourth-order valence-corrected chi connectivity index (χ4v) is 3.96. The van der Waals surface area contributed by atoms with Gasteiger partial charge in [-0.2, -0.15) is 0 Å². The maximum absolute atomic E-state index is 12.2. The third kappa shape index (κ3) is 4.15. The van der Waals surface area contributed by atoms with Gasteiger partial charge in [0.05, 0.1) is 5.75 Å². The lowest BCUT2D eigenvalue weighted by molar-refractivity contribution is -0.113. The van der Waals surface area contributed by atoms with Crippen LogP contribution in [0.15, 0.2) is 35.7 Å². The maximum Gasteiger partial charge on any atom is 0.234 e. The quantitative estimate of drug-likeness (QED) is 0.804. The number of rotatable bonds is 6. The largest absolute Gasteiger partial charge is 0.372 e. The molecule has 0 radical (unpaired) electrons. The van der Waals surface area contributed by atoms with E-state index in [4.69, 9.17) is 0 Å². The summed E-state index contributed by atoms with van der Waals surface area (Å²) < 4.78 is 2.07. The Morgan fingerprint density at radius 3 is 2.64 bits per heavy atom. The molecule has 0 bridgehead atoms. The summed E-state index contributed by atoms with van der Waals surface area (Å²) in [6, 6.07) is 8.69. The van der Waals surface area contributed by atoms with Crippen LogP contribution in [0, 0.1) is 0 Å². The Hall–Kier alpha value is -2.02. The van der Waals surface area contributed by atoms with Crippen LogP contribution in [-0.4, -0.2) is 39.5 Å². The van der Waals surface area contributed by atoms with E-state index in [-0.39, 0.29) is 5.91 Å². The molecule has 1 aromatic heterocycles. The molecule has 0 unspecified atom stereocenters. The summed E-state index contributed by atoms with van der Waals surface area (Å²) in [6.07, 6.45) is 7.98. The summed E-state index contributed by atoms with van der Waals surface area (Å²) in [4.78, 5) is 14.6. The van der Waals surface area contributed by atoms with E-state index in [1.54, 1.807) is 6.33 Å².